The lowest BCUT2D eigenvalue weighted by Gasteiger charge is -2.25. The average molecular weight is 497 g/mol. The molecule has 0 spiro atoms. The topological polar surface area (TPSA) is 102 Å². The SMILES string of the molecule is CCn1c(CSc2nnc(NCCOC)s2)nc2cc(S(=O)(=O)N3CCCCC3)ccc21. The Balaban J connectivity index is 1.51. The molecule has 0 unspecified atom stereocenters. The molecule has 0 atom stereocenters. The van der Waals surface area contributed by atoms with Crippen molar-refractivity contribution < 1.29 is 13.2 Å². The Morgan fingerprint density at radius 3 is 2.78 bits per heavy atom. The molecule has 12 heteroatoms. The van der Waals surface area contributed by atoms with Gasteiger partial charge < -0.3 is 14.6 Å². The molecule has 3 aromatic rings. The maximum atomic E-state index is 13.1. The smallest absolute Gasteiger partial charge is 0.243 e. The fraction of sp³-hybridized carbons (Fsp3) is 0.550. The van der Waals surface area contributed by atoms with E-state index in [-0.39, 0.29) is 0 Å². The number of hydrogen-bond donors (Lipinski definition) is 1. The van der Waals surface area contributed by atoms with Gasteiger partial charge in [-0.3, -0.25) is 0 Å². The molecular formula is C20H28N6O3S3. The molecule has 2 aromatic heterocycles. The molecule has 1 fully saturated rings. The minimum atomic E-state index is -3.48. The molecule has 174 valence electrons. The van der Waals surface area contributed by atoms with Crippen LogP contribution in [0.5, 0.6) is 0 Å². The van der Waals surface area contributed by atoms with Crippen molar-refractivity contribution in [3.8, 4) is 0 Å². The highest BCUT2D eigenvalue weighted by Gasteiger charge is 2.26. The number of nitrogens with zero attached hydrogens (tertiary/aromatic N) is 5. The zero-order chi connectivity index (χ0) is 22.6. The summed E-state index contributed by atoms with van der Waals surface area (Å²) in [5.74, 6) is 1.52. The number of anilines is 1. The van der Waals surface area contributed by atoms with Gasteiger partial charge in [0, 0.05) is 33.3 Å². The molecule has 1 saturated heterocycles. The first-order chi connectivity index (χ1) is 15.5. The van der Waals surface area contributed by atoms with Crippen LogP contribution in [0.3, 0.4) is 0 Å². The number of sulfonamides is 1. The third-order valence-electron chi connectivity index (χ3n) is 5.38. The van der Waals surface area contributed by atoms with Gasteiger partial charge in [0.2, 0.25) is 15.2 Å². The van der Waals surface area contributed by atoms with Crippen molar-refractivity contribution >= 4 is 49.3 Å². The molecule has 3 heterocycles. The molecule has 0 radical (unpaired) electrons. The van der Waals surface area contributed by atoms with E-state index in [1.807, 2.05) is 6.07 Å². The first-order valence-corrected chi connectivity index (χ1v) is 14.0. The molecule has 1 aliphatic rings. The highest BCUT2D eigenvalue weighted by Crippen LogP contribution is 2.30. The number of ether oxygens (including phenoxy) is 1. The summed E-state index contributed by atoms with van der Waals surface area (Å²) in [4.78, 5) is 5.09. The first-order valence-electron chi connectivity index (χ1n) is 10.7. The summed E-state index contributed by atoms with van der Waals surface area (Å²) in [6, 6.07) is 5.29. The zero-order valence-corrected chi connectivity index (χ0v) is 20.7. The van der Waals surface area contributed by atoms with Gasteiger partial charge in [0.1, 0.15) is 5.82 Å². The summed E-state index contributed by atoms with van der Waals surface area (Å²) in [6.07, 6.45) is 2.93. The molecule has 1 aromatic carbocycles. The number of thioether (sulfide) groups is 1. The Hall–Kier alpha value is -1.73. The van der Waals surface area contributed by atoms with E-state index in [2.05, 4.69) is 27.0 Å². The van der Waals surface area contributed by atoms with E-state index < -0.39 is 10.0 Å². The normalized spacial score (nSPS) is 15.4. The number of benzene rings is 1. The van der Waals surface area contributed by atoms with Gasteiger partial charge in [-0.15, -0.1) is 10.2 Å². The highest BCUT2D eigenvalue weighted by molar-refractivity contribution is 8.00. The standard InChI is InChI=1S/C20H28N6O3S3/c1-3-26-17-8-7-15(32(27,28)25-10-5-4-6-11-25)13-16(17)22-18(26)14-30-20-24-23-19(31-20)21-9-12-29-2/h7-8,13H,3-6,9-12,14H2,1-2H3,(H,21,23). The Kier molecular flexibility index (Phi) is 7.66. The minimum absolute atomic E-state index is 0.322. The van der Waals surface area contributed by atoms with E-state index in [0.717, 1.165) is 46.6 Å². The molecule has 0 amide bonds. The fourth-order valence-electron chi connectivity index (χ4n) is 3.76. The molecule has 0 saturated carbocycles. The lowest BCUT2D eigenvalue weighted by Crippen LogP contribution is -2.35. The lowest BCUT2D eigenvalue weighted by atomic mass is 10.2. The van der Waals surface area contributed by atoms with E-state index in [1.165, 1.54) is 11.3 Å². The van der Waals surface area contributed by atoms with Crippen molar-refractivity contribution in [3.05, 3.63) is 24.0 Å². The van der Waals surface area contributed by atoms with Gasteiger partial charge in [-0.2, -0.15) is 4.31 Å². The Bertz CT molecular complexity index is 1150. The largest absolute Gasteiger partial charge is 0.383 e. The van der Waals surface area contributed by atoms with Gasteiger partial charge >= 0.3 is 0 Å². The quantitative estimate of drug-likeness (QED) is 0.336. The number of imidazole rings is 1. The van der Waals surface area contributed by atoms with Gasteiger partial charge in [0.15, 0.2) is 4.34 Å². The molecule has 0 aliphatic carbocycles. The maximum Gasteiger partial charge on any atom is 0.243 e. The second-order valence-corrected chi connectivity index (χ2v) is 11.6. The third kappa shape index (κ3) is 5.09. The van der Waals surface area contributed by atoms with Crippen LogP contribution < -0.4 is 5.32 Å². The predicted molar refractivity (Wildman–Crippen MR) is 128 cm³/mol. The molecule has 9 nitrogen and oxygen atoms in total. The summed E-state index contributed by atoms with van der Waals surface area (Å²) in [7, 11) is -1.82. The molecular weight excluding hydrogens is 468 g/mol. The first kappa shape index (κ1) is 23.4. The maximum absolute atomic E-state index is 13.1. The number of piperidine rings is 1. The monoisotopic (exact) mass is 496 g/mol. The van der Waals surface area contributed by atoms with Gasteiger partial charge in [0.25, 0.3) is 0 Å². The van der Waals surface area contributed by atoms with Crippen molar-refractivity contribution in [2.45, 2.75) is 47.7 Å². The van der Waals surface area contributed by atoms with Gasteiger partial charge in [-0.1, -0.05) is 29.5 Å². The van der Waals surface area contributed by atoms with Crippen molar-refractivity contribution in [2.24, 2.45) is 0 Å². The fourth-order valence-corrected chi connectivity index (χ4v) is 7.02. The van der Waals surface area contributed by atoms with Crippen LogP contribution in [0.4, 0.5) is 5.13 Å². The summed E-state index contributed by atoms with van der Waals surface area (Å²) >= 11 is 3.07. The number of hydrogen-bond acceptors (Lipinski definition) is 9. The molecule has 1 aliphatic heterocycles. The number of methoxy groups -OCH3 is 1. The van der Waals surface area contributed by atoms with Crippen LogP contribution >= 0.6 is 23.1 Å². The van der Waals surface area contributed by atoms with Crippen LogP contribution in [0.2, 0.25) is 0 Å². The number of nitrogens with one attached hydrogen (secondary N) is 1. The second-order valence-electron chi connectivity index (χ2n) is 7.47. The van der Waals surface area contributed by atoms with Crippen LogP contribution in [0.25, 0.3) is 11.0 Å². The predicted octanol–water partition coefficient (Wildman–Crippen LogP) is 3.43. The van der Waals surface area contributed by atoms with Crippen molar-refractivity contribution in [2.75, 3.05) is 38.7 Å². The summed E-state index contributed by atoms with van der Waals surface area (Å²) in [6.45, 7) is 5.30. The summed E-state index contributed by atoms with van der Waals surface area (Å²) in [5.41, 5.74) is 1.65. The van der Waals surface area contributed by atoms with Crippen molar-refractivity contribution in [1.82, 2.24) is 24.1 Å². The molecule has 1 N–H and O–H groups in total. The van der Waals surface area contributed by atoms with Crippen LogP contribution in [0, 0.1) is 0 Å². The zero-order valence-electron chi connectivity index (χ0n) is 18.3. The molecule has 32 heavy (non-hydrogen) atoms. The third-order valence-corrected chi connectivity index (χ3v) is 9.29. The van der Waals surface area contributed by atoms with E-state index in [4.69, 9.17) is 9.72 Å². The van der Waals surface area contributed by atoms with Gasteiger partial charge in [-0.25, -0.2) is 13.4 Å². The van der Waals surface area contributed by atoms with Crippen molar-refractivity contribution in [3.63, 3.8) is 0 Å². The van der Waals surface area contributed by atoms with Crippen LogP contribution in [-0.4, -0.2) is 65.8 Å². The Morgan fingerprint density at radius 2 is 2.03 bits per heavy atom. The number of fused-ring (bicyclic) bond motifs is 1. The van der Waals surface area contributed by atoms with Crippen LogP contribution in [0.15, 0.2) is 27.4 Å². The van der Waals surface area contributed by atoms with E-state index in [0.29, 0.717) is 42.4 Å². The van der Waals surface area contributed by atoms with E-state index in [9.17, 15) is 8.42 Å². The summed E-state index contributed by atoms with van der Waals surface area (Å²) in [5, 5.41) is 12.3. The Morgan fingerprint density at radius 1 is 1.22 bits per heavy atom. The number of rotatable bonds is 10. The van der Waals surface area contributed by atoms with E-state index >= 15 is 0 Å². The van der Waals surface area contributed by atoms with Gasteiger partial charge in [0.05, 0.1) is 28.3 Å². The number of aromatic nitrogens is 4. The van der Waals surface area contributed by atoms with E-state index in [1.54, 1.807) is 35.3 Å². The second kappa shape index (κ2) is 10.5. The number of aryl methyl sites for hydroxylation is 1. The lowest BCUT2D eigenvalue weighted by molar-refractivity contribution is 0.211. The van der Waals surface area contributed by atoms with Gasteiger partial charge in [-0.05, 0) is 38.0 Å². The van der Waals surface area contributed by atoms with Crippen molar-refractivity contribution in [1.29, 1.82) is 0 Å². The average Bonchev–Trinajstić information content (AvgIpc) is 3.41. The summed E-state index contributed by atoms with van der Waals surface area (Å²) < 4.78 is 35.7. The molecule has 4 rings (SSSR count). The molecule has 0 bridgehead atoms. The Labute approximate surface area is 196 Å². The van der Waals surface area contributed by atoms with Crippen LogP contribution in [-0.2, 0) is 27.1 Å². The van der Waals surface area contributed by atoms with Crippen LogP contribution in [0.1, 0.15) is 32.0 Å². The minimum Gasteiger partial charge on any atom is -0.383 e. The highest BCUT2D eigenvalue weighted by atomic mass is 32.2.